The summed E-state index contributed by atoms with van der Waals surface area (Å²) in [5.41, 5.74) is -0.868. The van der Waals surface area contributed by atoms with Crippen molar-refractivity contribution in [1.82, 2.24) is 4.90 Å². The lowest BCUT2D eigenvalue weighted by Crippen LogP contribution is -2.51. The van der Waals surface area contributed by atoms with E-state index in [-0.39, 0.29) is 11.9 Å². The van der Waals surface area contributed by atoms with Gasteiger partial charge in [-0.05, 0) is 32.7 Å². The van der Waals surface area contributed by atoms with Crippen molar-refractivity contribution < 1.29 is 14.6 Å². The summed E-state index contributed by atoms with van der Waals surface area (Å²) < 4.78 is 5.05. The molecule has 0 aromatic heterocycles. The fraction of sp³-hybridized carbons (Fsp3) is 0.923. The van der Waals surface area contributed by atoms with Crippen molar-refractivity contribution in [2.45, 2.75) is 45.6 Å². The van der Waals surface area contributed by atoms with E-state index in [1.807, 2.05) is 6.92 Å². The van der Waals surface area contributed by atoms with Gasteiger partial charge < -0.3 is 14.7 Å². The maximum atomic E-state index is 11.8. The van der Waals surface area contributed by atoms with Gasteiger partial charge in [0, 0.05) is 13.1 Å². The van der Waals surface area contributed by atoms with Crippen LogP contribution in [0.25, 0.3) is 0 Å². The number of aliphatic hydroxyl groups is 1. The Hall–Kier alpha value is -0.610. The molecule has 100 valence electrons. The van der Waals surface area contributed by atoms with Crippen molar-refractivity contribution in [2.24, 2.45) is 5.92 Å². The van der Waals surface area contributed by atoms with Crippen molar-refractivity contribution >= 4 is 5.97 Å². The summed E-state index contributed by atoms with van der Waals surface area (Å²) in [6.45, 7) is 8.97. The quantitative estimate of drug-likeness (QED) is 0.742. The number of esters is 1. The minimum absolute atomic E-state index is 0.248. The number of carbonyl (C=O) groups is 1. The molecule has 1 aliphatic heterocycles. The first-order valence-electron chi connectivity index (χ1n) is 6.68. The Morgan fingerprint density at radius 2 is 1.94 bits per heavy atom. The fourth-order valence-corrected chi connectivity index (χ4v) is 2.61. The molecule has 1 rings (SSSR count). The smallest absolute Gasteiger partial charge is 0.311 e. The van der Waals surface area contributed by atoms with Crippen LogP contribution in [0.5, 0.6) is 0 Å². The van der Waals surface area contributed by atoms with E-state index in [4.69, 9.17) is 4.74 Å². The number of likely N-dealkylation sites (tertiary alicyclic amines) is 1. The molecule has 0 amide bonds. The van der Waals surface area contributed by atoms with Gasteiger partial charge in [-0.15, -0.1) is 0 Å². The zero-order chi connectivity index (χ0) is 12.9. The van der Waals surface area contributed by atoms with Gasteiger partial charge in [0.15, 0.2) is 0 Å². The second-order valence-electron chi connectivity index (χ2n) is 4.75. The van der Waals surface area contributed by atoms with Crippen LogP contribution in [0.15, 0.2) is 0 Å². The van der Waals surface area contributed by atoms with Crippen LogP contribution >= 0.6 is 0 Å². The molecule has 1 heterocycles. The number of piperidine rings is 1. The molecule has 1 aliphatic rings. The van der Waals surface area contributed by atoms with Crippen molar-refractivity contribution in [3.8, 4) is 0 Å². The molecule has 1 saturated heterocycles. The predicted octanol–water partition coefficient (Wildman–Crippen LogP) is 1.42. The van der Waals surface area contributed by atoms with Gasteiger partial charge in [-0.2, -0.15) is 0 Å². The molecule has 1 fully saturated rings. The van der Waals surface area contributed by atoms with Gasteiger partial charge >= 0.3 is 5.97 Å². The van der Waals surface area contributed by atoms with E-state index in [2.05, 4.69) is 11.8 Å². The maximum Gasteiger partial charge on any atom is 0.311 e. The van der Waals surface area contributed by atoms with Gasteiger partial charge in [0.2, 0.25) is 0 Å². The van der Waals surface area contributed by atoms with E-state index in [1.165, 1.54) is 0 Å². The molecule has 17 heavy (non-hydrogen) atoms. The molecular weight excluding hydrogens is 218 g/mol. The molecule has 0 radical (unpaired) electrons. The summed E-state index contributed by atoms with van der Waals surface area (Å²) in [5, 5.41) is 10.6. The lowest BCUT2D eigenvalue weighted by molar-refractivity contribution is -0.162. The van der Waals surface area contributed by atoms with E-state index in [0.29, 0.717) is 25.9 Å². The number of ether oxygens (including phenoxy) is 1. The standard InChI is InChI=1S/C13H25NO3/c1-4-11(12(15)17-6-3)13(16)7-9-14(5-2)10-8-13/h11,16H,4-10H2,1-3H3. The van der Waals surface area contributed by atoms with Crippen LogP contribution in [0.3, 0.4) is 0 Å². The molecule has 1 unspecified atom stereocenters. The molecule has 0 aliphatic carbocycles. The Labute approximate surface area is 104 Å². The van der Waals surface area contributed by atoms with Crippen molar-refractivity contribution in [2.75, 3.05) is 26.2 Å². The highest BCUT2D eigenvalue weighted by Crippen LogP contribution is 2.32. The first-order chi connectivity index (χ1) is 8.07. The lowest BCUT2D eigenvalue weighted by atomic mass is 9.78. The van der Waals surface area contributed by atoms with Gasteiger partial charge in [0.05, 0.1) is 18.1 Å². The summed E-state index contributed by atoms with van der Waals surface area (Å²) in [6.07, 6.45) is 1.97. The molecule has 0 aromatic carbocycles. The Kier molecular flexibility index (Phi) is 5.40. The highest BCUT2D eigenvalue weighted by molar-refractivity contribution is 5.73. The number of carbonyl (C=O) groups excluding carboxylic acids is 1. The molecule has 1 atom stereocenters. The first kappa shape index (κ1) is 14.5. The number of hydrogen-bond donors (Lipinski definition) is 1. The van der Waals surface area contributed by atoms with E-state index >= 15 is 0 Å². The van der Waals surface area contributed by atoms with Crippen molar-refractivity contribution in [3.05, 3.63) is 0 Å². The Bertz CT molecular complexity index is 247. The topological polar surface area (TPSA) is 49.8 Å². The second-order valence-corrected chi connectivity index (χ2v) is 4.75. The minimum Gasteiger partial charge on any atom is -0.466 e. The number of hydrogen-bond acceptors (Lipinski definition) is 4. The van der Waals surface area contributed by atoms with Gasteiger partial charge in [-0.1, -0.05) is 13.8 Å². The normalized spacial score (nSPS) is 22.1. The molecule has 0 saturated carbocycles. The van der Waals surface area contributed by atoms with E-state index in [0.717, 1.165) is 19.6 Å². The van der Waals surface area contributed by atoms with Crippen LogP contribution in [-0.2, 0) is 9.53 Å². The monoisotopic (exact) mass is 243 g/mol. The second kappa shape index (κ2) is 6.36. The average molecular weight is 243 g/mol. The highest BCUT2D eigenvalue weighted by Gasteiger charge is 2.43. The fourth-order valence-electron chi connectivity index (χ4n) is 2.61. The predicted molar refractivity (Wildman–Crippen MR) is 66.7 cm³/mol. The maximum absolute atomic E-state index is 11.8. The molecular formula is C13H25NO3. The van der Waals surface area contributed by atoms with Gasteiger partial charge in [-0.25, -0.2) is 0 Å². The van der Waals surface area contributed by atoms with E-state index < -0.39 is 5.60 Å². The van der Waals surface area contributed by atoms with Crippen molar-refractivity contribution in [1.29, 1.82) is 0 Å². The van der Waals surface area contributed by atoms with Crippen LogP contribution in [0.2, 0.25) is 0 Å². The van der Waals surface area contributed by atoms with Gasteiger partial charge in [-0.3, -0.25) is 4.79 Å². The van der Waals surface area contributed by atoms with Gasteiger partial charge in [0.1, 0.15) is 0 Å². The molecule has 4 nitrogen and oxygen atoms in total. The van der Waals surface area contributed by atoms with Crippen LogP contribution in [0.1, 0.15) is 40.0 Å². The van der Waals surface area contributed by atoms with E-state index in [1.54, 1.807) is 6.92 Å². The third-order valence-electron chi connectivity index (χ3n) is 3.80. The van der Waals surface area contributed by atoms with Crippen LogP contribution < -0.4 is 0 Å². The summed E-state index contributed by atoms with van der Waals surface area (Å²) in [7, 11) is 0. The molecule has 1 N–H and O–H groups in total. The summed E-state index contributed by atoms with van der Waals surface area (Å²) in [4.78, 5) is 14.1. The zero-order valence-electron chi connectivity index (χ0n) is 11.2. The SMILES string of the molecule is CCOC(=O)C(CC)C1(O)CCN(CC)CC1. The molecule has 0 bridgehead atoms. The molecule has 4 heteroatoms. The minimum atomic E-state index is -0.868. The molecule has 0 aromatic rings. The Morgan fingerprint density at radius 3 is 2.35 bits per heavy atom. The molecule has 0 spiro atoms. The zero-order valence-corrected chi connectivity index (χ0v) is 11.2. The third kappa shape index (κ3) is 3.42. The van der Waals surface area contributed by atoms with Crippen LogP contribution in [0, 0.1) is 5.92 Å². The summed E-state index contributed by atoms with van der Waals surface area (Å²) >= 11 is 0. The largest absolute Gasteiger partial charge is 0.466 e. The van der Waals surface area contributed by atoms with Crippen molar-refractivity contribution in [3.63, 3.8) is 0 Å². The summed E-state index contributed by atoms with van der Waals surface area (Å²) in [5.74, 6) is -0.621. The third-order valence-corrected chi connectivity index (χ3v) is 3.80. The average Bonchev–Trinajstić information content (AvgIpc) is 2.31. The highest BCUT2D eigenvalue weighted by atomic mass is 16.5. The van der Waals surface area contributed by atoms with E-state index in [9.17, 15) is 9.90 Å². The van der Waals surface area contributed by atoms with Gasteiger partial charge in [0.25, 0.3) is 0 Å². The van der Waals surface area contributed by atoms with Crippen LogP contribution in [0.4, 0.5) is 0 Å². The van der Waals surface area contributed by atoms with Crippen LogP contribution in [-0.4, -0.2) is 47.8 Å². The number of rotatable bonds is 5. The first-order valence-corrected chi connectivity index (χ1v) is 6.68. The summed E-state index contributed by atoms with van der Waals surface area (Å²) in [6, 6.07) is 0. The lowest BCUT2D eigenvalue weighted by Gasteiger charge is -2.41. The number of nitrogens with zero attached hydrogens (tertiary/aromatic N) is 1. The Balaban J connectivity index is 2.64. The Morgan fingerprint density at radius 1 is 1.35 bits per heavy atom.